The van der Waals surface area contributed by atoms with E-state index in [-0.39, 0.29) is 5.54 Å². The van der Waals surface area contributed by atoms with Gasteiger partial charge >= 0.3 is 0 Å². The molecule has 0 unspecified atom stereocenters. The predicted molar refractivity (Wildman–Crippen MR) is 78.1 cm³/mol. The van der Waals surface area contributed by atoms with Gasteiger partial charge in [0.1, 0.15) is 0 Å². The van der Waals surface area contributed by atoms with Crippen LogP contribution in [0.25, 0.3) is 11.3 Å². The van der Waals surface area contributed by atoms with E-state index in [1.807, 2.05) is 23.2 Å². The van der Waals surface area contributed by atoms with Gasteiger partial charge in [-0.15, -0.1) is 11.3 Å². The van der Waals surface area contributed by atoms with Crippen molar-refractivity contribution in [2.45, 2.75) is 32.9 Å². The number of hydrogen-bond acceptors (Lipinski definition) is 3. The van der Waals surface area contributed by atoms with Crippen LogP contribution in [0.15, 0.2) is 17.6 Å². The van der Waals surface area contributed by atoms with Gasteiger partial charge in [-0.1, -0.05) is 11.6 Å². The SMILES string of the molecule is Cn1cc(CNC(C)(C)C)c(-c2csc(Cl)c2)n1. The lowest BCUT2D eigenvalue weighted by Crippen LogP contribution is -2.35. The Hall–Kier alpha value is -0.840. The molecule has 98 valence electrons. The molecule has 18 heavy (non-hydrogen) atoms. The van der Waals surface area contributed by atoms with Crippen LogP contribution in [0.2, 0.25) is 4.34 Å². The molecule has 3 nitrogen and oxygen atoms in total. The molecule has 0 amide bonds. The predicted octanol–water partition coefficient (Wildman–Crippen LogP) is 3.69. The maximum absolute atomic E-state index is 5.99. The first-order valence-electron chi connectivity index (χ1n) is 5.87. The van der Waals surface area contributed by atoms with E-state index in [0.717, 1.165) is 22.1 Å². The average Bonchev–Trinajstić information content (AvgIpc) is 2.80. The fraction of sp³-hybridized carbons (Fsp3) is 0.462. The van der Waals surface area contributed by atoms with Crippen molar-refractivity contribution in [3.05, 3.63) is 27.5 Å². The quantitative estimate of drug-likeness (QED) is 0.931. The third kappa shape index (κ3) is 3.34. The summed E-state index contributed by atoms with van der Waals surface area (Å²) in [7, 11) is 1.94. The number of rotatable bonds is 3. The molecule has 0 saturated heterocycles. The summed E-state index contributed by atoms with van der Waals surface area (Å²) < 4.78 is 2.64. The summed E-state index contributed by atoms with van der Waals surface area (Å²) >= 11 is 7.52. The topological polar surface area (TPSA) is 29.9 Å². The Morgan fingerprint density at radius 3 is 2.72 bits per heavy atom. The lowest BCUT2D eigenvalue weighted by molar-refractivity contribution is 0.424. The molecule has 0 atom stereocenters. The van der Waals surface area contributed by atoms with Crippen LogP contribution in [0.4, 0.5) is 0 Å². The molecule has 0 saturated carbocycles. The van der Waals surface area contributed by atoms with E-state index < -0.39 is 0 Å². The van der Waals surface area contributed by atoms with E-state index in [1.165, 1.54) is 16.9 Å². The van der Waals surface area contributed by atoms with Crippen LogP contribution in [0.5, 0.6) is 0 Å². The van der Waals surface area contributed by atoms with Crippen molar-refractivity contribution in [2.75, 3.05) is 0 Å². The summed E-state index contributed by atoms with van der Waals surface area (Å²) in [5.41, 5.74) is 3.40. The highest BCUT2D eigenvalue weighted by Crippen LogP contribution is 2.29. The minimum absolute atomic E-state index is 0.0966. The second-order valence-electron chi connectivity index (χ2n) is 5.42. The molecule has 2 aromatic rings. The first-order valence-corrected chi connectivity index (χ1v) is 7.13. The fourth-order valence-electron chi connectivity index (χ4n) is 1.70. The van der Waals surface area contributed by atoms with Crippen LogP contribution < -0.4 is 5.32 Å². The molecular formula is C13H18ClN3S. The summed E-state index contributed by atoms with van der Waals surface area (Å²) in [4.78, 5) is 0. The first kappa shape index (κ1) is 13.6. The van der Waals surface area contributed by atoms with Gasteiger partial charge in [0.25, 0.3) is 0 Å². The van der Waals surface area contributed by atoms with Crippen molar-refractivity contribution >= 4 is 22.9 Å². The molecule has 5 heteroatoms. The maximum atomic E-state index is 5.99. The molecule has 0 aliphatic rings. The largest absolute Gasteiger partial charge is 0.308 e. The van der Waals surface area contributed by atoms with Crippen molar-refractivity contribution in [1.82, 2.24) is 15.1 Å². The zero-order valence-electron chi connectivity index (χ0n) is 11.1. The first-order chi connectivity index (χ1) is 8.35. The van der Waals surface area contributed by atoms with E-state index in [0.29, 0.717) is 0 Å². The highest BCUT2D eigenvalue weighted by atomic mass is 35.5. The Morgan fingerprint density at radius 2 is 2.17 bits per heavy atom. The van der Waals surface area contributed by atoms with Gasteiger partial charge in [0.2, 0.25) is 0 Å². The zero-order chi connectivity index (χ0) is 13.3. The molecule has 2 aromatic heterocycles. The van der Waals surface area contributed by atoms with Gasteiger partial charge in [0, 0.05) is 41.8 Å². The molecule has 0 aromatic carbocycles. The van der Waals surface area contributed by atoms with Gasteiger partial charge in [-0.3, -0.25) is 4.68 Å². The lowest BCUT2D eigenvalue weighted by atomic mass is 10.1. The number of hydrogen-bond donors (Lipinski definition) is 1. The van der Waals surface area contributed by atoms with Crippen LogP contribution in [0.3, 0.4) is 0 Å². The van der Waals surface area contributed by atoms with Crippen molar-refractivity contribution in [2.24, 2.45) is 7.05 Å². The minimum atomic E-state index is 0.0966. The molecule has 0 radical (unpaired) electrons. The summed E-state index contributed by atoms with van der Waals surface area (Å²) in [6.45, 7) is 7.28. The molecule has 0 bridgehead atoms. The molecule has 0 aliphatic heterocycles. The number of halogens is 1. The van der Waals surface area contributed by atoms with Crippen molar-refractivity contribution in [3.8, 4) is 11.3 Å². The van der Waals surface area contributed by atoms with E-state index in [9.17, 15) is 0 Å². The van der Waals surface area contributed by atoms with Gasteiger partial charge in [0.15, 0.2) is 0 Å². The molecule has 2 heterocycles. The van der Waals surface area contributed by atoms with Gasteiger partial charge in [0.05, 0.1) is 10.0 Å². The van der Waals surface area contributed by atoms with E-state index >= 15 is 0 Å². The Kier molecular flexibility index (Phi) is 3.80. The van der Waals surface area contributed by atoms with E-state index in [4.69, 9.17) is 11.6 Å². The molecule has 1 N–H and O–H groups in total. The Labute approximate surface area is 117 Å². The second-order valence-corrected chi connectivity index (χ2v) is 6.96. The Bertz CT molecular complexity index is 537. The normalized spacial score (nSPS) is 12.1. The van der Waals surface area contributed by atoms with E-state index in [2.05, 4.69) is 37.4 Å². The van der Waals surface area contributed by atoms with Crippen LogP contribution in [0.1, 0.15) is 26.3 Å². The van der Waals surface area contributed by atoms with Gasteiger partial charge in [-0.05, 0) is 26.8 Å². The van der Waals surface area contributed by atoms with Crippen LogP contribution in [0, 0.1) is 0 Å². The van der Waals surface area contributed by atoms with Crippen LogP contribution >= 0.6 is 22.9 Å². The molecule has 0 aliphatic carbocycles. The van der Waals surface area contributed by atoms with E-state index in [1.54, 1.807) is 0 Å². The molecule has 0 fully saturated rings. The number of thiophene rings is 1. The average molecular weight is 284 g/mol. The Balaban J connectivity index is 2.26. The van der Waals surface area contributed by atoms with Crippen molar-refractivity contribution in [3.63, 3.8) is 0 Å². The van der Waals surface area contributed by atoms with Gasteiger partial charge in [-0.25, -0.2) is 0 Å². The van der Waals surface area contributed by atoms with Crippen LogP contribution in [-0.2, 0) is 13.6 Å². The zero-order valence-corrected chi connectivity index (χ0v) is 12.7. The standard InChI is InChI=1S/C13H18ClN3S/c1-13(2,3)15-6-10-7-17(4)16-12(10)9-5-11(14)18-8-9/h5,7-8,15H,6H2,1-4H3. The smallest absolute Gasteiger partial charge is 0.0976 e. The molecule has 2 rings (SSSR count). The fourth-order valence-corrected chi connectivity index (χ4v) is 2.57. The number of nitrogens with one attached hydrogen (secondary N) is 1. The third-order valence-corrected chi connectivity index (χ3v) is 3.65. The maximum Gasteiger partial charge on any atom is 0.0976 e. The number of nitrogens with zero attached hydrogens (tertiary/aromatic N) is 2. The monoisotopic (exact) mass is 283 g/mol. The summed E-state index contributed by atoms with van der Waals surface area (Å²) in [5.74, 6) is 0. The van der Waals surface area contributed by atoms with Gasteiger partial charge in [-0.2, -0.15) is 5.10 Å². The molecule has 0 spiro atoms. The van der Waals surface area contributed by atoms with Crippen LogP contribution in [-0.4, -0.2) is 15.3 Å². The minimum Gasteiger partial charge on any atom is -0.308 e. The summed E-state index contributed by atoms with van der Waals surface area (Å²) in [6.07, 6.45) is 2.06. The summed E-state index contributed by atoms with van der Waals surface area (Å²) in [6, 6.07) is 1.97. The Morgan fingerprint density at radius 1 is 1.44 bits per heavy atom. The second kappa shape index (κ2) is 5.03. The number of aromatic nitrogens is 2. The third-order valence-electron chi connectivity index (χ3n) is 2.55. The van der Waals surface area contributed by atoms with Crippen molar-refractivity contribution in [1.29, 1.82) is 0 Å². The number of aryl methyl sites for hydroxylation is 1. The van der Waals surface area contributed by atoms with Gasteiger partial charge < -0.3 is 5.32 Å². The molecular weight excluding hydrogens is 266 g/mol. The summed E-state index contributed by atoms with van der Waals surface area (Å²) in [5, 5.41) is 10.1. The highest BCUT2D eigenvalue weighted by Gasteiger charge is 2.14. The van der Waals surface area contributed by atoms with Crippen molar-refractivity contribution < 1.29 is 0 Å². The highest BCUT2D eigenvalue weighted by molar-refractivity contribution is 7.14. The lowest BCUT2D eigenvalue weighted by Gasteiger charge is -2.20.